The number of pyridine rings is 1. The third-order valence-corrected chi connectivity index (χ3v) is 7.89. The van der Waals surface area contributed by atoms with E-state index < -0.39 is 5.41 Å². The smallest absolute Gasteiger partial charge is 0.278 e. The summed E-state index contributed by atoms with van der Waals surface area (Å²) in [5.41, 5.74) is 4.23. The van der Waals surface area contributed by atoms with Crippen molar-refractivity contribution in [1.82, 2.24) is 29.6 Å². The molecule has 4 aromatic rings. The molecule has 4 heterocycles. The van der Waals surface area contributed by atoms with Crippen molar-refractivity contribution in [2.24, 2.45) is 0 Å². The minimum Gasteiger partial charge on any atom is -0.324 e. The molecule has 0 unspecified atom stereocenters. The quantitative estimate of drug-likeness (QED) is 0.433. The summed E-state index contributed by atoms with van der Waals surface area (Å²) < 4.78 is 3.58. The average Bonchev–Trinajstić information content (AvgIpc) is 3.82. The molecule has 0 radical (unpaired) electrons. The number of nitriles is 1. The van der Waals surface area contributed by atoms with Gasteiger partial charge in [-0.05, 0) is 61.1 Å². The number of benzene rings is 1. The normalized spacial score (nSPS) is 19.3. The zero-order chi connectivity index (χ0) is 25.4. The molecule has 186 valence electrons. The molecule has 2 fully saturated rings. The Kier molecular flexibility index (Phi) is 4.64. The van der Waals surface area contributed by atoms with E-state index in [0.29, 0.717) is 22.8 Å². The first-order valence-electron chi connectivity index (χ1n) is 12.9. The lowest BCUT2D eigenvalue weighted by molar-refractivity contribution is 0.435. The lowest BCUT2D eigenvalue weighted by Gasteiger charge is -2.33. The number of hydrogen-bond donors (Lipinski definition) is 2. The van der Waals surface area contributed by atoms with Crippen molar-refractivity contribution in [1.29, 1.82) is 5.26 Å². The Labute approximate surface area is 214 Å². The molecule has 0 spiro atoms. The van der Waals surface area contributed by atoms with Crippen LogP contribution in [-0.4, -0.2) is 30.9 Å². The number of nitrogens with one attached hydrogen (secondary N) is 2. The number of anilines is 2. The van der Waals surface area contributed by atoms with E-state index in [2.05, 4.69) is 53.7 Å². The van der Waals surface area contributed by atoms with Crippen molar-refractivity contribution >= 4 is 22.7 Å². The fraction of sp³-hybridized carbons (Fsp3) is 0.393. The molecular formula is C28H28N8O. The molecule has 0 amide bonds. The van der Waals surface area contributed by atoms with Crippen LogP contribution in [0.15, 0.2) is 47.4 Å². The first kappa shape index (κ1) is 22.2. The van der Waals surface area contributed by atoms with Gasteiger partial charge in [-0.25, -0.2) is 19.3 Å². The highest BCUT2D eigenvalue weighted by atomic mass is 16.1. The van der Waals surface area contributed by atoms with E-state index in [4.69, 9.17) is 9.97 Å². The predicted octanol–water partition coefficient (Wildman–Crippen LogP) is 3.99. The molecule has 0 bridgehead atoms. The van der Waals surface area contributed by atoms with Crippen LogP contribution in [-0.2, 0) is 17.4 Å². The number of rotatable bonds is 5. The van der Waals surface area contributed by atoms with E-state index in [-0.39, 0.29) is 17.0 Å². The molecule has 9 nitrogen and oxygen atoms in total. The van der Waals surface area contributed by atoms with Gasteiger partial charge in [-0.1, -0.05) is 26.0 Å². The SMILES string of the molecule is CC1(C)CNCc2cc(Nc3ncc4c(=O)n(C5CC5)n(-c5cccc(C6(C#N)CC6)n5)c4n3)ccc21. The van der Waals surface area contributed by atoms with Gasteiger partial charge >= 0.3 is 0 Å². The Morgan fingerprint density at radius 2 is 2.00 bits per heavy atom. The second-order valence-corrected chi connectivity index (χ2v) is 11.2. The van der Waals surface area contributed by atoms with E-state index in [9.17, 15) is 10.1 Å². The third kappa shape index (κ3) is 3.55. The number of hydrogen-bond acceptors (Lipinski definition) is 7. The van der Waals surface area contributed by atoms with Crippen molar-refractivity contribution in [3.05, 3.63) is 69.8 Å². The molecule has 2 saturated carbocycles. The third-order valence-electron chi connectivity index (χ3n) is 7.89. The maximum absolute atomic E-state index is 13.4. The molecular weight excluding hydrogens is 464 g/mol. The summed E-state index contributed by atoms with van der Waals surface area (Å²) in [6.45, 7) is 6.27. The van der Waals surface area contributed by atoms with Gasteiger partial charge in [0.05, 0.1) is 23.2 Å². The van der Waals surface area contributed by atoms with Crippen LogP contribution in [0.2, 0.25) is 0 Å². The van der Waals surface area contributed by atoms with Crippen molar-refractivity contribution in [2.75, 3.05) is 11.9 Å². The second-order valence-electron chi connectivity index (χ2n) is 11.2. The molecule has 2 aliphatic carbocycles. The van der Waals surface area contributed by atoms with E-state index in [1.54, 1.807) is 10.9 Å². The molecule has 3 aromatic heterocycles. The van der Waals surface area contributed by atoms with Crippen LogP contribution in [0.1, 0.15) is 62.4 Å². The standard InChI is InChI=1S/C28H28N8O/c1-27(2)16-30-13-17-12-18(6-9-21(17)27)32-26-31-14-20-24(34-26)36(35(25(20)37)19-7-8-19)23-5-3-4-22(33-23)28(15-29)10-11-28/h3-6,9,12,14,19,30H,7-8,10-11,13,16H2,1-2H3,(H,31,32,34). The molecule has 0 atom stereocenters. The van der Waals surface area contributed by atoms with Crippen molar-refractivity contribution < 1.29 is 0 Å². The van der Waals surface area contributed by atoms with Gasteiger partial charge in [-0.15, -0.1) is 0 Å². The largest absolute Gasteiger partial charge is 0.324 e. The van der Waals surface area contributed by atoms with Gasteiger partial charge in [0.25, 0.3) is 5.56 Å². The lowest BCUT2D eigenvalue weighted by Crippen LogP contribution is -2.38. The number of aromatic nitrogens is 5. The Balaban J connectivity index is 1.32. The van der Waals surface area contributed by atoms with Crippen LogP contribution in [0, 0.1) is 11.3 Å². The van der Waals surface area contributed by atoms with Crippen LogP contribution < -0.4 is 16.2 Å². The summed E-state index contributed by atoms with van der Waals surface area (Å²) in [6.07, 6.45) is 5.11. The van der Waals surface area contributed by atoms with Gasteiger partial charge in [-0.3, -0.25) is 4.79 Å². The van der Waals surface area contributed by atoms with Gasteiger partial charge in [0.15, 0.2) is 11.5 Å². The fourth-order valence-electron chi connectivity index (χ4n) is 5.50. The van der Waals surface area contributed by atoms with Crippen LogP contribution in [0.4, 0.5) is 11.6 Å². The second kappa shape index (κ2) is 7.73. The molecule has 3 aliphatic rings. The number of nitrogens with zero attached hydrogens (tertiary/aromatic N) is 6. The summed E-state index contributed by atoms with van der Waals surface area (Å²) in [7, 11) is 0. The predicted molar refractivity (Wildman–Crippen MR) is 140 cm³/mol. The molecule has 9 heteroatoms. The van der Waals surface area contributed by atoms with E-state index >= 15 is 0 Å². The van der Waals surface area contributed by atoms with Gasteiger partial charge in [-0.2, -0.15) is 10.2 Å². The lowest BCUT2D eigenvalue weighted by atomic mass is 9.79. The van der Waals surface area contributed by atoms with Crippen LogP contribution in [0.25, 0.3) is 16.9 Å². The van der Waals surface area contributed by atoms with Crippen molar-refractivity contribution in [3.63, 3.8) is 0 Å². The molecule has 0 saturated heterocycles. The molecule has 7 rings (SSSR count). The molecule has 1 aromatic carbocycles. The Morgan fingerprint density at radius 3 is 2.76 bits per heavy atom. The zero-order valence-electron chi connectivity index (χ0n) is 21.0. The summed E-state index contributed by atoms with van der Waals surface area (Å²) >= 11 is 0. The summed E-state index contributed by atoms with van der Waals surface area (Å²) in [6, 6.07) is 14.6. The monoisotopic (exact) mass is 492 g/mol. The van der Waals surface area contributed by atoms with E-state index in [1.165, 1.54) is 11.1 Å². The molecule has 2 N–H and O–H groups in total. The van der Waals surface area contributed by atoms with E-state index in [0.717, 1.165) is 50.2 Å². The van der Waals surface area contributed by atoms with Gasteiger partial charge in [0, 0.05) is 30.4 Å². The minimum absolute atomic E-state index is 0.0788. The fourth-order valence-corrected chi connectivity index (χ4v) is 5.50. The summed E-state index contributed by atoms with van der Waals surface area (Å²) in [4.78, 5) is 27.5. The highest BCUT2D eigenvalue weighted by molar-refractivity contribution is 5.77. The van der Waals surface area contributed by atoms with Gasteiger partial charge in [0.2, 0.25) is 5.95 Å². The maximum Gasteiger partial charge on any atom is 0.278 e. The van der Waals surface area contributed by atoms with Crippen LogP contribution in [0.5, 0.6) is 0 Å². The number of fused-ring (bicyclic) bond motifs is 2. The minimum atomic E-state index is -0.513. The van der Waals surface area contributed by atoms with Gasteiger partial charge < -0.3 is 10.6 Å². The maximum atomic E-state index is 13.4. The zero-order valence-corrected chi connectivity index (χ0v) is 21.0. The average molecular weight is 493 g/mol. The summed E-state index contributed by atoms with van der Waals surface area (Å²) in [5.74, 6) is 1.02. The molecule has 1 aliphatic heterocycles. The van der Waals surface area contributed by atoms with Crippen LogP contribution >= 0.6 is 0 Å². The highest BCUT2D eigenvalue weighted by Gasteiger charge is 2.46. The van der Waals surface area contributed by atoms with Gasteiger partial charge in [0.1, 0.15) is 5.39 Å². The van der Waals surface area contributed by atoms with Crippen molar-refractivity contribution in [2.45, 2.75) is 62.9 Å². The Morgan fingerprint density at radius 1 is 1.16 bits per heavy atom. The van der Waals surface area contributed by atoms with E-state index in [1.807, 2.05) is 22.9 Å². The van der Waals surface area contributed by atoms with Crippen LogP contribution in [0.3, 0.4) is 0 Å². The Bertz CT molecular complexity index is 1670. The van der Waals surface area contributed by atoms with Crippen molar-refractivity contribution in [3.8, 4) is 11.9 Å². The first-order chi connectivity index (χ1) is 17.9. The summed E-state index contributed by atoms with van der Waals surface area (Å²) in [5, 5.41) is 17.0. The first-order valence-corrected chi connectivity index (χ1v) is 12.9. The topological polar surface area (TPSA) is 113 Å². The highest BCUT2D eigenvalue weighted by Crippen LogP contribution is 2.47. The molecule has 37 heavy (non-hydrogen) atoms. The Hall–Kier alpha value is -4.03.